The Balaban J connectivity index is 1.54. The SMILES string of the molecule is CC(C)c1cc(NC(=O)CN2CCO[C@H](c3ccc(F)cc3)C2)on1. The fourth-order valence-electron chi connectivity index (χ4n) is 2.73. The van der Waals surface area contributed by atoms with E-state index in [2.05, 4.69) is 10.5 Å². The van der Waals surface area contributed by atoms with Crippen LogP contribution in [0.25, 0.3) is 0 Å². The molecule has 7 heteroatoms. The van der Waals surface area contributed by atoms with Gasteiger partial charge >= 0.3 is 0 Å². The Morgan fingerprint density at radius 1 is 1.40 bits per heavy atom. The van der Waals surface area contributed by atoms with Crippen LogP contribution in [-0.4, -0.2) is 42.2 Å². The highest BCUT2D eigenvalue weighted by Gasteiger charge is 2.24. The van der Waals surface area contributed by atoms with E-state index in [0.29, 0.717) is 25.6 Å². The summed E-state index contributed by atoms with van der Waals surface area (Å²) < 4.78 is 23.9. The van der Waals surface area contributed by atoms with Crippen LogP contribution < -0.4 is 5.32 Å². The Kier molecular flexibility index (Phi) is 5.45. The molecule has 25 heavy (non-hydrogen) atoms. The van der Waals surface area contributed by atoms with Gasteiger partial charge in [0.1, 0.15) is 5.82 Å². The van der Waals surface area contributed by atoms with E-state index in [-0.39, 0.29) is 30.3 Å². The highest BCUT2D eigenvalue weighted by atomic mass is 19.1. The first-order chi connectivity index (χ1) is 12.0. The predicted molar refractivity (Wildman–Crippen MR) is 90.8 cm³/mol. The second-order valence-corrected chi connectivity index (χ2v) is 6.47. The molecule has 1 fully saturated rings. The van der Waals surface area contributed by atoms with Gasteiger partial charge < -0.3 is 9.26 Å². The van der Waals surface area contributed by atoms with E-state index in [4.69, 9.17) is 9.26 Å². The summed E-state index contributed by atoms with van der Waals surface area (Å²) in [5.74, 6) is 0.164. The van der Waals surface area contributed by atoms with Gasteiger partial charge in [-0.05, 0) is 23.6 Å². The molecule has 1 amide bonds. The minimum Gasteiger partial charge on any atom is -0.371 e. The Labute approximate surface area is 145 Å². The van der Waals surface area contributed by atoms with Crippen LogP contribution in [0.4, 0.5) is 10.3 Å². The summed E-state index contributed by atoms with van der Waals surface area (Å²) in [6, 6.07) is 8.00. The van der Waals surface area contributed by atoms with Gasteiger partial charge in [0.2, 0.25) is 11.8 Å². The number of hydrogen-bond donors (Lipinski definition) is 1. The standard InChI is InChI=1S/C18H22FN3O3/c1-12(2)15-9-18(25-21-15)20-17(23)11-22-7-8-24-16(10-22)13-3-5-14(19)6-4-13/h3-6,9,12,16H,7-8,10-11H2,1-2H3,(H,20,23)/t16-/m0/s1. The smallest absolute Gasteiger partial charge is 0.240 e. The molecule has 0 aliphatic carbocycles. The molecular weight excluding hydrogens is 325 g/mol. The average molecular weight is 347 g/mol. The van der Waals surface area contributed by atoms with Crippen molar-refractivity contribution >= 4 is 11.8 Å². The number of hydrogen-bond acceptors (Lipinski definition) is 5. The molecule has 0 radical (unpaired) electrons. The van der Waals surface area contributed by atoms with Crippen molar-refractivity contribution in [3.05, 3.63) is 47.4 Å². The molecule has 1 N–H and O–H groups in total. The summed E-state index contributed by atoms with van der Waals surface area (Å²) in [7, 11) is 0. The van der Waals surface area contributed by atoms with Crippen molar-refractivity contribution in [1.82, 2.24) is 10.1 Å². The van der Waals surface area contributed by atoms with Gasteiger partial charge in [-0.1, -0.05) is 31.1 Å². The van der Waals surface area contributed by atoms with E-state index < -0.39 is 0 Å². The summed E-state index contributed by atoms with van der Waals surface area (Å²) in [6.07, 6.45) is -0.167. The van der Waals surface area contributed by atoms with Crippen molar-refractivity contribution < 1.29 is 18.4 Å². The molecule has 2 heterocycles. The fourth-order valence-corrected chi connectivity index (χ4v) is 2.73. The second-order valence-electron chi connectivity index (χ2n) is 6.47. The molecule has 0 saturated carbocycles. The van der Waals surface area contributed by atoms with E-state index in [1.165, 1.54) is 12.1 Å². The van der Waals surface area contributed by atoms with Crippen LogP contribution in [0.1, 0.15) is 37.1 Å². The summed E-state index contributed by atoms with van der Waals surface area (Å²) in [4.78, 5) is 14.2. The van der Waals surface area contributed by atoms with Crippen molar-refractivity contribution in [3.8, 4) is 0 Å². The predicted octanol–water partition coefficient (Wildman–Crippen LogP) is 2.95. The van der Waals surface area contributed by atoms with E-state index in [0.717, 1.165) is 11.3 Å². The van der Waals surface area contributed by atoms with Gasteiger partial charge in [0, 0.05) is 19.2 Å². The quantitative estimate of drug-likeness (QED) is 0.901. The van der Waals surface area contributed by atoms with E-state index >= 15 is 0 Å². The molecule has 1 aromatic carbocycles. The van der Waals surface area contributed by atoms with Crippen molar-refractivity contribution in [1.29, 1.82) is 0 Å². The van der Waals surface area contributed by atoms with Gasteiger partial charge in [0.25, 0.3) is 0 Å². The summed E-state index contributed by atoms with van der Waals surface area (Å²) >= 11 is 0. The number of carbonyl (C=O) groups is 1. The maximum Gasteiger partial charge on any atom is 0.240 e. The molecule has 0 spiro atoms. The molecular formula is C18H22FN3O3. The lowest BCUT2D eigenvalue weighted by molar-refractivity contribution is -0.119. The number of nitrogens with one attached hydrogen (secondary N) is 1. The Hall–Kier alpha value is -2.25. The highest BCUT2D eigenvalue weighted by molar-refractivity contribution is 5.91. The normalized spacial score (nSPS) is 18.5. The number of carbonyl (C=O) groups excluding carboxylic acids is 1. The molecule has 134 valence electrons. The zero-order valence-electron chi connectivity index (χ0n) is 14.4. The lowest BCUT2D eigenvalue weighted by Gasteiger charge is -2.32. The zero-order chi connectivity index (χ0) is 17.8. The van der Waals surface area contributed by atoms with E-state index in [9.17, 15) is 9.18 Å². The number of halogens is 1. The van der Waals surface area contributed by atoms with Crippen LogP contribution in [0, 0.1) is 5.82 Å². The third-order valence-corrected chi connectivity index (χ3v) is 4.14. The molecule has 1 saturated heterocycles. The topological polar surface area (TPSA) is 67.6 Å². The molecule has 1 aliphatic heterocycles. The van der Waals surface area contributed by atoms with Crippen molar-refractivity contribution in [2.24, 2.45) is 0 Å². The third kappa shape index (κ3) is 4.64. The first-order valence-electron chi connectivity index (χ1n) is 8.37. The van der Waals surface area contributed by atoms with Gasteiger partial charge in [-0.25, -0.2) is 4.39 Å². The molecule has 2 aromatic rings. The van der Waals surface area contributed by atoms with Crippen molar-refractivity contribution in [2.75, 3.05) is 31.6 Å². The number of morpholine rings is 1. The van der Waals surface area contributed by atoms with Crippen LogP contribution in [0.2, 0.25) is 0 Å². The fraction of sp³-hybridized carbons (Fsp3) is 0.444. The monoisotopic (exact) mass is 347 g/mol. The number of rotatable bonds is 5. The van der Waals surface area contributed by atoms with Crippen LogP contribution >= 0.6 is 0 Å². The minimum atomic E-state index is -0.274. The Bertz CT molecular complexity index is 715. The first-order valence-corrected chi connectivity index (χ1v) is 8.37. The molecule has 1 aliphatic rings. The zero-order valence-corrected chi connectivity index (χ0v) is 14.4. The van der Waals surface area contributed by atoms with Gasteiger partial charge in [-0.2, -0.15) is 0 Å². The maximum atomic E-state index is 13.0. The van der Waals surface area contributed by atoms with E-state index in [1.54, 1.807) is 18.2 Å². The van der Waals surface area contributed by atoms with Crippen LogP contribution in [-0.2, 0) is 9.53 Å². The van der Waals surface area contributed by atoms with Gasteiger partial charge in [0.15, 0.2) is 0 Å². The Morgan fingerprint density at radius 3 is 2.84 bits per heavy atom. The number of amides is 1. The average Bonchev–Trinajstić information content (AvgIpc) is 3.04. The van der Waals surface area contributed by atoms with Gasteiger partial charge in [0.05, 0.1) is 24.9 Å². The second kappa shape index (κ2) is 7.76. The van der Waals surface area contributed by atoms with Crippen LogP contribution in [0.5, 0.6) is 0 Å². The number of ether oxygens (including phenoxy) is 1. The first kappa shape index (κ1) is 17.6. The highest BCUT2D eigenvalue weighted by Crippen LogP contribution is 2.22. The van der Waals surface area contributed by atoms with Crippen molar-refractivity contribution in [2.45, 2.75) is 25.9 Å². The number of anilines is 1. The molecule has 0 bridgehead atoms. The van der Waals surface area contributed by atoms with Gasteiger partial charge in [-0.3, -0.25) is 15.0 Å². The molecule has 3 rings (SSSR count). The summed E-state index contributed by atoms with van der Waals surface area (Å²) in [6.45, 7) is 6.01. The number of benzene rings is 1. The van der Waals surface area contributed by atoms with Gasteiger partial charge in [-0.15, -0.1) is 0 Å². The van der Waals surface area contributed by atoms with Crippen LogP contribution in [0.15, 0.2) is 34.9 Å². The molecule has 1 aromatic heterocycles. The van der Waals surface area contributed by atoms with E-state index in [1.807, 2.05) is 18.7 Å². The summed E-state index contributed by atoms with van der Waals surface area (Å²) in [5.41, 5.74) is 1.71. The number of aromatic nitrogens is 1. The maximum absolute atomic E-state index is 13.0. The summed E-state index contributed by atoms with van der Waals surface area (Å²) in [5, 5.41) is 6.65. The minimum absolute atomic E-state index is 0.161. The largest absolute Gasteiger partial charge is 0.371 e. The van der Waals surface area contributed by atoms with Crippen molar-refractivity contribution in [3.63, 3.8) is 0 Å². The van der Waals surface area contributed by atoms with Crippen LogP contribution in [0.3, 0.4) is 0 Å². The lowest BCUT2D eigenvalue weighted by atomic mass is 10.1. The number of nitrogens with zero attached hydrogens (tertiary/aromatic N) is 2. The third-order valence-electron chi connectivity index (χ3n) is 4.14. The molecule has 0 unspecified atom stereocenters. The molecule has 6 nitrogen and oxygen atoms in total. The lowest BCUT2D eigenvalue weighted by Crippen LogP contribution is -2.42. The molecule has 1 atom stereocenters. The Morgan fingerprint density at radius 2 is 2.16 bits per heavy atom.